The lowest BCUT2D eigenvalue weighted by atomic mass is 9.93. The van der Waals surface area contributed by atoms with Gasteiger partial charge in [-0.25, -0.2) is 17.6 Å². The van der Waals surface area contributed by atoms with Gasteiger partial charge in [-0.2, -0.15) is 0 Å². The summed E-state index contributed by atoms with van der Waals surface area (Å²) in [5, 5.41) is 0.556. The van der Waals surface area contributed by atoms with Gasteiger partial charge in [0.1, 0.15) is 0 Å². The van der Waals surface area contributed by atoms with Crippen molar-refractivity contribution in [2.24, 2.45) is 0 Å². The molecule has 29 heavy (non-hydrogen) atoms. The number of alkyl halides is 4. The fourth-order valence-electron chi connectivity index (χ4n) is 4.03. The van der Waals surface area contributed by atoms with Crippen LogP contribution in [0.5, 0.6) is 0 Å². The zero-order valence-corrected chi connectivity index (χ0v) is 17.4. The monoisotopic (exact) mass is 424 g/mol. The Kier molecular flexibility index (Phi) is 6.42. The van der Waals surface area contributed by atoms with Gasteiger partial charge in [0.15, 0.2) is 0 Å². The van der Waals surface area contributed by atoms with Gasteiger partial charge in [-0.3, -0.25) is 0 Å². The lowest BCUT2D eigenvalue weighted by Gasteiger charge is -2.17. The second-order valence-electron chi connectivity index (χ2n) is 7.93. The summed E-state index contributed by atoms with van der Waals surface area (Å²) >= 11 is 5.91. The maximum Gasteiger partial charge on any atom is 0.270 e. The van der Waals surface area contributed by atoms with Crippen molar-refractivity contribution in [2.75, 3.05) is 0 Å². The van der Waals surface area contributed by atoms with Crippen LogP contribution >= 0.6 is 11.6 Å². The summed E-state index contributed by atoms with van der Waals surface area (Å²) in [6.07, 6.45) is 1.69. The lowest BCUT2D eigenvalue weighted by Crippen LogP contribution is -2.12. The Morgan fingerprint density at radius 2 is 1.66 bits per heavy atom. The van der Waals surface area contributed by atoms with Gasteiger partial charge in [0.25, 0.3) is 11.8 Å². The molecule has 0 amide bonds. The molecule has 0 aromatic heterocycles. The molecule has 0 radical (unpaired) electrons. The van der Waals surface area contributed by atoms with Crippen LogP contribution in [0.4, 0.5) is 17.6 Å². The maximum absolute atomic E-state index is 14.1. The molecule has 1 aliphatic rings. The van der Waals surface area contributed by atoms with E-state index in [2.05, 4.69) is 0 Å². The van der Waals surface area contributed by atoms with Gasteiger partial charge in [-0.15, -0.1) is 0 Å². The van der Waals surface area contributed by atoms with Crippen molar-refractivity contribution in [1.82, 2.24) is 0 Å². The summed E-state index contributed by atoms with van der Waals surface area (Å²) in [4.78, 5) is 0. The molecule has 2 aromatic rings. The van der Waals surface area contributed by atoms with Gasteiger partial charge in [-0.1, -0.05) is 54.8 Å². The highest BCUT2D eigenvalue weighted by Gasteiger charge is 2.39. The summed E-state index contributed by atoms with van der Waals surface area (Å²) in [5.41, 5.74) is 3.54. The van der Waals surface area contributed by atoms with Crippen molar-refractivity contribution in [2.45, 2.75) is 64.2 Å². The van der Waals surface area contributed by atoms with Crippen LogP contribution in [-0.4, -0.2) is 5.92 Å². The summed E-state index contributed by atoms with van der Waals surface area (Å²) in [6, 6.07) is 12.0. The third-order valence-electron chi connectivity index (χ3n) is 5.41. The number of hydrogen-bond donors (Lipinski definition) is 0. The number of benzene rings is 2. The molecule has 0 aliphatic heterocycles. The first-order chi connectivity index (χ1) is 13.6. The number of aryl methyl sites for hydroxylation is 2. The van der Waals surface area contributed by atoms with E-state index < -0.39 is 11.8 Å². The molecule has 0 fully saturated rings. The standard InChI is InChI=1S/C24H25ClF4/c1-3-4-18-7-5-16(13-22(18)23(2,26)27)6-8-19-14-24(28,29)15-21(19)17-9-11-20(25)12-10-17/h5,7,9-13H,3-4,6,8,14-15H2,1-2H3. The van der Waals surface area contributed by atoms with Crippen LogP contribution in [0.25, 0.3) is 5.57 Å². The Morgan fingerprint density at radius 3 is 2.28 bits per heavy atom. The van der Waals surface area contributed by atoms with Crippen molar-refractivity contribution in [3.05, 3.63) is 75.3 Å². The maximum atomic E-state index is 14.1. The van der Waals surface area contributed by atoms with Crippen LogP contribution in [0.1, 0.15) is 61.8 Å². The van der Waals surface area contributed by atoms with Crippen LogP contribution in [-0.2, 0) is 18.8 Å². The molecule has 1 aliphatic carbocycles. The number of rotatable bonds is 7. The molecule has 0 N–H and O–H groups in total. The molecular weight excluding hydrogens is 400 g/mol. The van der Waals surface area contributed by atoms with Gasteiger partial charge in [0, 0.05) is 30.4 Å². The molecule has 2 aromatic carbocycles. The zero-order chi connectivity index (χ0) is 21.2. The molecule has 0 unspecified atom stereocenters. The van der Waals surface area contributed by atoms with E-state index in [-0.39, 0.29) is 18.4 Å². The molecule has 0 saturated carbocycles. The topological polar surface area (TPSA) is 0 Å². The molecular formula is C24H25ClF4. The van der Waals surface area contributed by atoms with Crippen LogP contribution in [0, 0.1) is 0 Å². The second-order valence-corrected chi connectivity index (χ2v) is 8.36. The van der Waals surface area contributed by atoms with E-state index in [9.17, 15) is 17.6 Å². The Balaban J connectivity index is 1.85. The molecule has 3 rings (SSSR count). The quantitative estimate of drug-likeness (QED) is 0.393. The van der Waals surface area contributed by atoms with Gasteiger partial charge >= 0.3 is 0 Å². The smallest absolute Gasteiger partial charge is 0.206 e. The largest absolute Gasteiger partial charge is 0.270 e. The fraction of sp³-hybridized carbons (Fsp3) is 0.417. The van der Waals surface area contributed by atoms with Crippen LogP contribution in [0.3, 0.4) is 0 Å². The normalized spacial score (nSPS) is 16.5. The highest BCUT2D eigenvalue weighted by atomic mass is 35.5. The number of allylic oxidation sites excluding steroid dienone is 2. The van der Waals surface area contributed by atoms with Crippen molar-refractivity contribution in [3.63, 3.8) is 0 Å². The Labute approximate surface area is 174 Å². The third kappa shape index (κ3) is 5.42. The third-order valence-corrected chi connectivity index (χ3v) is 5.66. The first-order valence-corrected chi connectivity index (χ1v) is 10.3. The average molecular weight is 425 g/mol. The molecule has 0 saturated heterocycles. The van der Waals surface area contributed by atoms with Crippen LogP contribution < -0.4 is 0 Å². The van der Waals surface area contributed by atoms with Crippen molar-refractivity contribution < 1.29 is 17.6 Å². The minimum absolute atomic E-state index is 0.0421. The van der Waals surface area contributed by atoms with Crippen LogP contribution in [0.2, 0.25) is 5.02 Å². The van der Waals surface area contributed by atoms with Gasteiger partial charge in [0.2, 0.25) is 0 Å². The van der Waals surface area contributed by atoms with Crippen LogP contribution in [0.15, 0.2) is 48.0 Å². The number of hydrogen-bond acceptors (Lipinski definition) is 0. The molecule has 0 heterocycles. The summed E-state index contributed by atoms with van der Waals surface area (Å²) in [6.45, 7) is 2.86. The first kappa shape index (κ1) is 21.9. The summed E-state index contributed by atoms with van der Waals surface area (Å²) in [5.74, 6) is -5.69. The van der Waals surface area contributed by atoms with E-state index >= 15 is 0 Å². The van der Waals surface area contributed by atoms with E-state index in [1.54, 1.807) is 36.4 Å². The minimum Gasteiger partial charge on any atom is -0.206 e. The predicted molar refractivity (Wildman–Crippen MR) is 111 cm³/mol. The lowest BCUT2D eigenvalue weighted by molar-refractivity contribution is 0.0148. The average Bonchev–Trinajstić information content (AvgIpc) is 2.95. The highest BCUT2D eigenvalue weighted by molar-refractivity contribution is 6.30. The van der Waals surface area contributed by atoms with Gasteiger partial charge in [0.05, 0.1) is 0 Å². The van der Waals surface area contributed by atoms with E-state index in [0.29, 0.717) is 41.0 Å². The van der Waals surface area contributed by atoms with E-state index in [0.717, 1.165) is 24.5 Å². The molecule has 0 nitrogen and oxygen atoms in total. The van der Waals surface area contributed by atoms with Crippen molar-refractivity contribution in [3.8, 4) is 0 Å². The van der Waals surface area contributed by atoms with Gasteiger partial charge < -0.3 is 0 Å². The molecule has 5 heteroatoms. The Hall–Kier alpha value is -1.81. The SMILES string of the molecule is CCCc1ccc(CCC2=C(c3ccc(Cl)cc3)CC(F)(F)C2)cc1C(C)(F)F. The highest BCUT2D eigenvalue weighted by Crippen LogP contribution is 2.45. The van der Waals surface area contributed by atoms with Gasteiger partial charge in [-0.05, 0) is 59.7 Å². The fourth-order valence-corrected chi connectivity index (χ4v) is 4.16. The van der Waals surface area contributed by atoms with Crippen molar-refractivity contribution >= 4 is 17.2 Å². The Morgan fingerprint density at radius 1 is 0.966 bits per heavy atom. The number of halogens is 5. The minimum atomic E-state index is -2.92. The second kappa shape index (κ2) is 8.51. The van der Waals surface area contributed by atoms with E-state index in [4.69, 9.17) is 11.6 Å². The first-order valence-electron chi connectivity index (χ1n) is 9.94. The molecule has 0 atom stereocenters. The molecule has 156 valence electrons. The summed E-state index contributed by atoms with van der Waals surface area (Å²) in [7, 11) is 0. The van der Waals surface area contributed by atoms with Crippen molar-refractivity contribution in [1.29, 1.82) is 0 Å². The van der Waals surface area contributed by atoms with E-state index in [1.165, 1.54) is 0 Å². The zero-order valence-electron chi connectivity index (χ0n) is 16.7. The Bertz CT molecular complexity index is 892. The summed E-state index contributed by atoms with van der Waals surface area (Å²) < 4.78 is 56.4. The molecule has 0 spiro atoms. The molecule has 0 bridgehead atoms. The van der Waals surface area contributed by atoms with E-state index in [1.807, 2.05) is 13.0 Å². The predicted octanol–water partition coefficient (Wildman–Crippen LogP) is 8.22.